The first-order valence-corrected chi connectivity index (χ1v) is 8.59. The Balaban J connectivity index is 1.69. The van der Waals surface area contributed by atoms with Gasteiger partial charge in [-0.15, -0.1) is 0 Å². The second-order valence-corrected chi connectivity index (χ2v) is 6.34. The SMILES string of the molecule is NC(=O)c1ccccc1NC(=S)NC(=O)c1ccc(-c2cccc(Cl)c2)o1. The highest BCUT2D eigenvalue weighted by Crippen LogP contribution is 2.24. The van der Waals surface area contributed by atoms with Gasteiger partial charge in [0, 0.05) is 10.6 Å². The number of amides is 2. The van der Waals surface area contributed by atoms with Gasteiger partial charge in [-0.25, -0.2) is 0 Å². The van der Waals surface area contributed by atoms with E-state index in [1.165, 1.54) is 6.07 Å². The first kappa shape index (κ1) is 18.6. The molecule has 0 radical (unpaired) electrons. The van der Waals surface area contributed by atoms with Crippen molar-refractivity contribution in [3.05, 3.63) is 77.0 Å². The number of primary amides is 1. The van der Waals surface area contributed by atoms with Crippen LogP contribution in [0.1, 0.15) is 20.9 Å². The highest BCUT2D eigenvalue weighted by molar-refractivity contribution is 7.80. The van der Waals surface area contributed by atoms with Crippen LogP contribution in [0.2, 0.25) is 5.02 Å². The second-order valence-electron chi connectivity index (χ2n) is 5.49. The van der Waals surface area contributed by atoms with Gasteiger partial charge >= 0.3 is 0 Å². The first-order valence-electron chi connectivity index (χ1n) is 7.81. The smallest absolute Gasteiger partial charge is 0.293 e. The van der Waals surface area contributed by atoms with Crippen molar-refractivity contribution in [3.8, 4) is 11.3 Å². The minimum Gasteiger partial charge on any atom is -0.451 e. The summed E-state index contributed by atoms with van der Waals surface area (Å²) in [6, 6.07) is 16.8. The molecule has 0 saturated heterocycles. The highest BCUT2D eigenvalue weighted by atomic mass is 35.5. The van der Waals surface area contributed by atoms with Gasteiger partial charge in [0.2, 0.25) is 0 Å². The topological polar surface area (TPSA) is 97.4 Å². The van der Waals surface area contributed by atoms with Gasteiger partial charge in [-0.3, -0.25) is 14.9 Å². The van der Waals surface area contributed by atoms with Crippen molar-refractivity contribution in [2.24, 2.45) is 5.73 Å². The van der Waals surface area contributed by atoms with Crippen LogP contribution in [0.15, 0.2) is 65.1 Å². The molecule has 0 spiro atoms. The molecule has 1 heterocycles. The summed E-state index contributed by atoms with van der Waals surface area (Å²) >= 11 is 11.1. The molecule has 0 aliphatic carbocycles. The Morgan fingerprint density at radius 1 is 1.04 bits per heavy atom. The Bertz CT molecular complexity index is 1030. The maximum absolute atomic E-state index is 12.3. The highest BCUT2D eigenvalue weighted by Gasteiger charge is 2.15. The molecule has 0 bridgehead atoms. The van der Waals surface area contributed by atoms with E-state index in [2.05, 4.69) is 10.6 Å². The van der Waals surface area contributed by atoms with Crippen LogP contribution in [0.25, 0.3) is 11.3 Å². The summed E-state index contributed by atoms with van der Waals surface area (Å²) in [7, 11) is 0. The second kappa shape index (κ2) is 8.03. The van der Waals surface area contributed by atoms with Crippen LogP contribution in [-0.4, -0.2) is 16.9 Å². The first-order chi connectivity index (χ1) is 12.9. The Labute approximate surface area is 165 Å². The van der Waals surface area contributed by atoms with Crippen molar-refractivity contribution >= 4 is 46.4 Å². The zero-order chi connectivity index (χ0) is 19.4. The van der Waals surface area contributed by atoms with E-state index in [4.69, 9.17) is 34.0 Å². The van der Waals surface area contributed by atoms with Crippen molar-refractivity contribution in [2.45, 2.75) is 0 Å². The third-order valence-corrected chi connectivity index (χ3v) is 4.05. The van der Waals surface area contributed by atoms with Crippen LogP contribution in [-0.2, 0) is 0 Å². The standard InChI is InChI=1S/C19H14ClN3O3S/c20-12-5-3-4-11(10-12)15-8-9-16(26-15)18(25)23-19(27)22-14-7-2-1-6-13(14)17(21)24/h1-10H,(H2,21,24)(H2,22,23,25,27). The van der Waals surface area contributed by atoms with E-state index < -0.39 is 11.8 Å². The fourth-order valence-electron chi connectivity index (χ4n) is 2.38. The van der Waals surface area contributed by atoms with Crippen molar-refractivity contribution in [1.29, 1.82) is 0 Å². The number of carbonyl (C=O) groups is 2. The summed E-state index contributed by atoms with van der Waals surface area (Å²) in [6.45, 7) is 0. The number of nitrogens with two attached hydrogens (primary N) is 1. The van der Waals surface area contributed by atoms with Crippen LogP contribution in [0.5, 0.6) is 0 Å². The van der Waals surface area contributed by atoms with Crippen LogP contribution >= 0.6 is 23.8 Å². The largest absolute Gasteiger partial charge is 0.451 e. The number of hydrogen-bond acceptors (Lipinski definition) is 4. The third-order valence-electron chi connectivity index (χ3n) is 3.61. The molecular formula is C19H14ClN3O3S. The number of hydrogen-bond donors (Lipinski definition) is 3. The third kappa shape index (κ3) is 4.52. The number of para-hydroxylation sites is 1. The summed E-state index contributed by atoms with van der Waals surface area (Å²) in [4.78, 5) is 23.8. The molecule has 1 aromatic heterocycles. The van der Waals surface area contributed by atoms with Gasteiger partial charge in [-0.2, -0.15) is 0 Å². The molecule has 0 aliphatic rings. The van der Waals surface area contributed by atoms with E-state index >= 15 is 0 Å². The van der Waals surface area contributed by atoms with E-state index in [1.54, 1.807) is 48.5 Å². The molecule has 0 fully saturated rings. The number of halogens is 1. The lowest BCUT2D eigenvalue weighted by molar-refractivity contribution is 0.0950. The summed E-state index contributed by atoms with van der Waals surface area (Å²) < 4.78 is 5.57. The Morgan fingerprint density at radius 3 is 2.56 bits per heavy atom. The molecule has 0 saturated carbocycles. The summed E-state index contributed by atoms with van der Waals surface area (Å²) in [5.74, 6) is -0.556. The van der Waals surface area contributed by atoms with Crippen molar-refractivity contribution in [2.75, 3.05) is 5.32 Å². The zero-order valence-electron chi connectivity index (χ0n) is 13.9. The van der Waals surface area contributed by atoms with Crippen LogP contribution < -0.4 is 16.4 Å². The predicted octanol–water partition coefficient (Wildman–Crippen LogP) is 3.83. The van der Waals surface area contributed by atoms with Gasteiger partial charge in [0.1, 0.15) is 5.76 Å². The van der Waals surface area contributed by atoms with Gasteiger partial charge in [-0.1, -0.05) is 35.9 Å². The Morgan fingerprint density at radius 2 is 1.81 bits per heavy atom. The molecule has 3 rings (SSSR count). The molecule has 0 unspecified atom stereocenters. The zero-order valence-corrected chi connectivity index (χ0v) is 15.4. The normalized spacial score (nSPS) is 10.3. The molecule has 2 aromatic carbocycles. The summed E-state index contributed by atoms with van der Waals surface area (Å²) in [5, 5.41) is 5.85. The number of benzene rings is 2. The molecule has 4 N–H and O–H groups in total. The summed E-state index contributed by atoms with van der Waals surface area (Å²) in [5.41, 5.74) is 6.72. The van der Waals surface area contributed by atoms with E-state index in [1.807, 2.05) is 6.07 Å². The molecule has 27 heavy (non-hydrogen) atoms. The lowest BCUT2D eigenvalue weighted by Gasteiger charge is -2.11. The van der Waals surface area contributed by atoms with Crippen LogP contribution in [0.4, 0.5) is 5.69 Å². The van der Waals surface area contributed by atoms with Crippen molar-refractivity contribution in [1.82, 2.24) is 5.32 Å². The van der Waals surface area contributed by atoms with E-state index in [0.717, 1.165) is 5.56 Å². The van der Waals surface area contributed by atoms with Gasteiger partial charge in [-0.05, 0) is 48.6 Å². The monoisotopic (exact) mass is 399 g/mol. The minimum atomic E-state index is -0.607. The number of furan rings is 1. The quantitative estimate of drug-likeness (QED) is 0.579. The van der Waals surface area contributed by atoms with Gasteiger partial charge in [0.15, 0.2) is 10.9 Å². The molecule has 136 valence electrons. The average molecular weight is 400 g/mol. The van der Waals surface area contributed by atoms with Crippen LogP contribution in [0, 0.1) is 0 Å². The number of nitrogens with one attached hydrogen (secondary N) is 2. The minimum absolute atomic E-state index is 0.00871. The number of rotatable bonds is 4. The Kier molecular flexibility index (Phi) is 5.54. The van der Waals surface area contributed by atoms with Gasteiger partial charge < -0.3 is 15.5 Å². The maximum Gasteiger partial charge on any atom is 0.293 e. The van der Waals surface area contributed by atoms with Crippen molar-refractivity contribution < 1.29 is 14.0 Å². The fraction of sp³-hybridized carbons (Fsp3) is 0. The molecule has 6 nitrogen and oxygen atoms in total. The van der Waals surface area contributed by atoms with E-state index in [0.29, 0.717) is 16.5 Å². The number of carbonyl (C=O) groups excluding carboxylic acids is 2. The molecule has 8 heteroatoms. The molecule has 0 aliphatic heterocycles. The van der Waals surface area contributed by atoms with Crippen molar-refractivity contribution in [3.63, 3.8) is 0 Å². The lowest BCUT2D eigenvalue weighted by Crippen LogP contribution is -2.34. The van der Waals surface area contributed by atoms with E-state index in [-0.39, 0.29) is 16.4 Å². The molecule has 0 atom stereocenters. The van der Waals surface area contributed by atoms with Gasteiger partial charge in [0.25, 0.3) is 11.8 Å². The Hall–Kier alpha value is -3.16. The lowest BCUT2D eigenvalue weighted by atomic mass is 10.1. The fourth-order valence-corrected chi connectivity index (χ4v) is 2.78. The van der Waals surface area contributed by atoms with Crippen LogP contribution in [0.3, 0.4) is 0 Å². The van der Waals surface area contributed by atoms with Gasteiger partial charge in [0.05, 0.1) is 11.3 Å². The molecule has 2 amide bonds. The predicted molar refractivity (Wildman–Crippen MR) is 108 cm³/mol. The number of anilines is 1. The average Bonchev–Trinajstić information content (AvgIpc) is 3.12. The van der Waals surface area contributed by atoms with E-state index in [9.17, 15) is 9.59 Å². The molecular weight excluding hydrogens is 386 g/mol. The maximum atomic E-state index is 12.3. The number of thiocarbonyl (C=S) groups is 1. The summed E-state index contributed by atoms with van der Waals surface area (Å²) in [6.07, 6.45) is 0. The molecule has 3 aromatic rings.